The average Bonchev–Trinajstić information content (AvgIpc) is 3.15. The molecule has 0 aliphatic rings. The van der Waals surface area contributed by atoms with Crippen molar-refractivity contribution in [3.63, 3.8) is 0 Å². The Balaban J connectivity index is 1.93. The summed E-state index contributed by atoms with van der Waals surface area (Å²) in [5.41, 5.74) is 6.05. The molecule has 2 heterocycles. The van der Waals surface area contributed by atoms with Crippen LogP contribution in [0, 0.1) is 20.8 Å². The van der Waals surface area contributed by atoms with Gasteiger partial charge in [-0.15, -0.1) is 10.2 Å². The first kappa shape index (κ1) is 17.1. The van der Waals surface area contributed by atoms with Crippen molar-refractivity contribution in [2.24, 2.45) is 0 Å². The highest BCUT2D eigenvalue weighted by molar-refractivity contribution is 5.87. The number of aromatic nitrogens is 5. The fraction of sp³-hybridized carbons (Fsp3) is 0.238. The maximum Gasteiger partial charge on any atom is 0.258 e. The van der Waals surface area contributed by atoms with Gasteiger partial charge in [-0.1, -0.05) is 41.1 Å². The van der Waals surface area contributed by atoms with E-state index in [1.807, 2.05) is 48.7 Å². The van der Waals surface area contributed by atoms with Gasteiger partial charge in [0.2, 0.25) is 0 Å². The molecule has 0 saturated carbocycles. The number of pyridine rings is 1. The van der Waals surface area contributed by atoms with Gasteiger partial charge in [-0.25, -0.2) is 0 Å². The predicted octanol–water partition coefficient (Wildman–Crippen LogP) is 3.35. The van der Waals surface area contributed by atoms with Crippen molar-refractivity contribution in [1.29, 1.82) is 0 Å². The maximum absolute atomic E-state index is 13.3. The third-order valence-electron chi connectivity index (χ3n) is 4.88. The lowest BCUT2D eigenvalue weighted by Gasteiger charge is -2.15. The van der Waals surface area contributed by atoms with Crippen LogP contribution in [0.2, 0.25) is 0 Å². The Morgan fingerprint density at radius 3 is 2.48 bits per heavy atom. The summed E-state index contributed by atoms with van der Waals surface area (Å²) in [5.74, 6) is 0.597. The Morgan fingerprint density at radius 1 is 1.00 bits per heavy atom. The van der Waals surface area contributed by atoms with Gasteiger partial charge in [0, 0.05) is 23.9 Å². The van der Waals surface area contributed by atoms with E-state index in [0.717, 1.165) is 27.6 Å². The van der Waals surface area contributed by atoms with E-state index in [9.17, 15) is 4.79 Å². The first-order chi connectivity index (χ1) is 13.0. The van der Waals surface area contributed by atoms with Crippen molar-refractivity contribution < 1.29 is 0 Å². The summed E-state index contributed by atoms with van der Waals surface area (Å²) in [7, 11) is 0. The first-order valence-electron chi connectivity index (χ1n) is 8.97. The third-order valence-corrected chi connectivity index (χ3v) is 4.88. The number of aromatic amines is 1. The molecule has 27 heavy (non-hydrogen) atoms. The number of rotatable bonds is 4. The predicted molar refractivity (Wildman–Crippen MR) is 106 cm³/mol. The molecule has 6 nitrogen and oxygen atoms in total. The lowest BCUT2D eigenvalue weighted by molar-refractivity contribution is 0.672. The number of tetrazole rings is 1. The van der Waals surface area contributed by atoms with E-state index in [0.29, 0.717) is 24.4 Å². The molecule has 0 aliphatic heterocycles. The second-order valence-electron chi connectivity index (χ2n) is 6.97. The van der Waals surface area contributed by atoms with Crippen molar-refractivity contribution in [3.05, 3.63) is 75.3 Å². The summed E-state index contributed by atoms with van der Waals surface area (Å²) in [6.45, 7) is 6.67. The Bertz CT molecular complexity index is 1160. The molecular weight excluding hydrogens is 338 g/mol. The van der Waals surface area contributed by atoms with Crippen LogP contribution in [0.1, 0.15) is 22.5 Å². The minimum absolute atomic E-state index is 0.000141. The van der Waals surface area contributed by atoms with Gasteiger partial charge in [-0.2, -0.15) is 5.21 Å². The molecule has 4 rings (SSSR count). The Morgan fingerprint density at radius 2 is 1.78 bits per heavy atom. The summed E-state index contributed by atoms with van der Waals surface area (Å²) in [4.78, 5) is 13.3. The van der Waals surface area contributed by atoms with E-state index in [4.69, 9.17) is 0 Å². The first-order valence-corrected chi connectivity index (χ1v) is 8.97. The molecule has 0 atom stereocenters. The van der Waals surface area contributed by atoms with E-state index >= 15 is 0 Å². The zero-order valence-electron chi connectivity index (χ0n) is 15.7. The largest absolute Gasteiger partial charge is 0.307 e. The number of hydrogen-bond donors (Lipinski definition) is 1. The highest BCUT2D eigenvalue weighted by Crippen LogP contribution is 2.25. The lowest BCUT2D eigenvalue weighted by Crippen LogP contribution is -2.23. The van der Waals surface area contributed by atoms with E-state index in [1.54, 1.807) is 0 Å². The SMILES string of the molecule is Cc1ccc(-c2cc3c(C)cc(C)cc3n(CCc3nn[nH]n3)c2=O)cc1. The molecule has 0 amide bonds. The fourth-order valence-electron chi connectivity index (χ4n) is 3.49. The van der Waals surface area contributed by atoms with Gasteiger partial charge in [0.05, 0.1) is 5.52 Å². The average molecular weight is 359 g/mol. The molecule has 6 heteroatoms. The summed E-state index contributed by atoms with van der Waals surface area (Å²) in [6, 6.07) is 14.3. The fourth-order valence-corrected chi connectivity index (χ4v) is 3.49. The maximum atomic E-state index is 13.3. The number of aryl methyl sites for hydroxylation is 5. The number of nitrogens with one attached hydrogen (secondary N) is 1. The monoisotopic (exact) mass is 359 g/mol. The van der Waals surface area contributed by atoms with Crippen LogP contribution in [0.15, 0.2) is 47.3 Å². The highest BCUT2D eigenvalue weighted by Gasteiger charge is 2.14. The Kier molecular flexibility index (Phi) is 4.32. The van der Waals surface area contributed by atoms with Crippen LogP contribution in [0.25, 0.3) is 22.0 Å². The topological polar surface area (TPSA) is 76.5 Å². The van der Waals surface area contributed by atoms with Crippen molar-refractivity contribution in [3.8, 4) is 11.1 Å². The molecule has 2 aromatic carbocycles. The van der Waals surface area contributed by atoms with Crippen LogP contribution in [-0.2, 0) is 13.0 Å². The summed E-state index contributed by atoms with van der Waals surface area (Å²) in [5, 5.41) is 15.2. The number of H-pyrrole nitrogens is 1. The number of fused-ring (bicyclic) bond motifs is 1. The molecule has 0 fully saturated rings. The number of nitrogens with zero attached hydrogens (tertiary/aromatic N) is 4. The molecule has 0 radical (unpaired) electrons. The summed E-state index contributed by atoms with van der Waals surface area (Å²) >= 11 is 0. The van der Waals surface area contributed by atoms with Crippen molar-refractivity contribution >= 4 is 10.9 Å². The molecule has 136 valence electrons. The summed E-state index contributed by atoms with van der Waals surface area (Å²) < 4.78 is 1.83. The van der Waals surface area contributed by atoms with Gasteiger partial charge in [-0.3, -0.25) is 4.79 Å². The van der Waals surface area contributed by atoms with E-state index in [-0.39, 0.29) is 5.56 Å². The molecule has 0 spiro atoms. The minimum Gasteiger partial charge on any atom is -0.307 e. The Labute approximate surface area is 156 Å². The Hall–Kier alpha value is -3.28. The van der Waals surface area contributed by atoms with E-state index in [1.165, 1.54) is 5.56 Å². The highest BCUT2D eigenvalue weighted by atomic mass is 16.1. The minimum atomic E-state index is -0.000141. The van der Waals surface area contributed by atoms with Crippen LogP contribution < -0.4 is 5.56 Å². The van der Waals surface area contributed by atoms with Crippen LogP contribution >= 0.6 is 0 Å². The van der Waals surface area contributed by atoms with E-state index < -0.39 is 0 Å². The van der Waals surface area contributed by atoms with Gasteiger partial charge in [0.1, 0.15) is 0 Å². The summed E-state index contributed by atoms with van der Waals surface area (Å²) in [6.07, 6.45) is 0.538. The van der Waals surface area contributed by atoms with Crippen LogP contribution in [0.4, 0.5) is 0 Å². The van der Waals surface area contributed by atoms with E-state index in [2.05, 4.69) is 39.7 Å². The van der Waals surface area contributed by atoms with Crippen molar-refractivity contribution in [2.75, 3.05) is 0 Å². The second-order valence-corrected chi connectivity index (χ2v) is 6.97. The second kappa shape index (κ2) is 6.79. The molecule has 1 N–H and O–H groups in total. The number of benzene rings is 2. The van der Waals surface area contributed by atoms with Crippen LogP contribution in [0.5, 0.6) is 0 Å². The molecule has 0 bridgehead atoms. The van der Waals surface area contributed by atoms with Crippen molar-refractivity contribution in [1.82, 2.24) is 25.2 Å². The molecule has 0 aliphatic carbocycles. The van der Waals surface area contributed by atoms with Crippen molar-refractivity contribution in [2.45, 2.75) is 33.7 Å². The molecule has 0 unspecified atom stereocenters. The lowest BCUT2D eigenvalue weighted by atomic mass is 10.00. The quantitative estimate of drug-likeness (QED) is 0.606. The van der Waals surface area contributed by atoms with Gasteiger partial charge >= 0.3 is 0 Å². The smallest absolute Gasteiger partial charge is 0.258 e. The van der Waals surface area contributed by atoms with Crippen LogP contribution in [-0.4, -0.2) is 25.2 Å². The standard InChI is InChI=1S/C21H21N5O/c1-13-4-6-16(7-5-13)18-12-17-15(3)10-14(2)11-19(17)26(21(18)27)9-8-20-22-24-25-23-20/h4-7,10-12H,8-9H2,1-3H3,(H,22,23,24,25). The molecule has 0 saturated heterocycles. The molecule has 4 aromatic rings. The zero-order valence-corrected chi connectivity index (χ0v) is 15.7. The normalized spacial score (nSPS) is 11.2. The van der Waals surface area contributed by atoms with Gasteiger partial charge in [0.15, 0.2) is 5.82 Å². The van der Waals surface area contributed by atoms with Crippen LogP contribution in [0.3, 0.4) is 0 Å². The third kappa shape index (κ3) is 3.26. The van der Waals surface area contributed by atoms with Gasteiger partial charge in [-0.05, 0) is 49.6 Å². The zero-order chi connectivity index (χ0) is 19.0. The van der Waals surface area contributed by atoms with Gasteiger partial charge < -0.3 is 4.57 Å². The molecule has 2 aromatic heterocycles. The van der Waals surface area contributed by atoms with Gasteiger partial charge in [0.25, 0.3) is 5.56 Å². The number of hydrogen-bond acceptors (Lipinski definition) is 4. The molecular formula is C21H21N5O.